The Kier molecular flexibility index (Phi) is 4.24. The standard InChI is InChI=1S/C8H17NO5/c10-2-1-9-3-6(12)8(14)7(13)5(9)4-11/h5-8,10-14H,1-4H2/t5-,6-,7+,8+/m0/s1. The lowest BCUT2D eigenvalue weighted by Gasteiger charge is -2.42. The highest BCUT2D eigenvalue weighted by Gasteiger charge is 2.40. The van der Waals surface area contributed by atoms with Gasteiger partial charge in [-0.2, -0.15) is 0 Å². The van der Waals surface area contributed by atoms with Crippen LogP contribution in [0, 0.1) is 0 Å². The Morgan fingerprint density at radius 2 is 1.71 bits per heavy atom. The van der Waals surface area contributed by atoms with Gasteiger partial charge in [-0.15, -0.1) is 0 Å². The molecule has 5 N–H and O–H groups in total. The first-order valence-electron chi connectivity index (χ1n) is 4.61. The first-order valence-corrected chi connectivity index (χ1v) is 4.61. The molecule has 0 unspecified atom stereocenters. The van der Waals surface area contributed by atoms with Crippen molar-refractivity contribution in [3.8, 4) is 0 Å². The zero-order valence-corrected chi connectivity index (χ0v) is 7.82. The number of nitrogens with zero attached hydrogens (tertiary/aromatic N) is 1. The first-order chi connectivity index (χ1) is 6.61. The van der Waals surface area contributed by atoms with Crippen molar-refractivity contribution in [3.05, 3.63) is 0 Å². The highest BCUT2D eigenvalue weighted by atomic mass is 16.4. The van der Waals surface area contributed by atoms with Crippen molar-refractivity contribution in [1.29, 1.82) is 0 Å². The van der Waals surface area contributed by atoms with E-state index in [1.165, 1.54) is 0 Å². The second-order valence-electron chi connectivity index (χ2n) is 3.52. The number of likely N-dealkylation sites (tertiary alicyclic amines) is 1. The highest BCUT2D eigenvalue weighted by molar-refractivity contribution is 4.93. The van der Waals surface area contributed by atoms with Gasteiger partial charge in [-0.25, -0.2) is 0 Å². The minimum Gasteiger partial charge on any atom is -0.395 e. The number of hydrogen-bond donors (Lipinski definition) is 5. The number of aliphatic hydroxyl groups is 5. The molecular formula is C8H17NO5. The molecule has 0 amide bonds. The molecule has 1 aliphatic heterocycles. The summed E-state index contributed by atoms with van der Waals surface area (Å²) in [5, 5.41) is 45.9. The lowest BCUT2D eigenvalue weighted by atomic mass is 9.94. The third-order valence-electron chi connectivity index (χ3n) is 2.60. The zero-order valence-electron chi connectivity index (χ0n) is 7.82. The second kappa shape index (κ2) is 5.01. The summed E-state index contributed by atoms with van der Waals surface area (Å²) < 4.78 is 0. The van der Waals surface area contributed by atoms with Crippen LogP contribution in [-0.2, 0) is 0 Å². The molecule has 0 spiro atoms. The van der Waals surface area contributed by atoms with Crippen molar-refractivity contribution in [1.82, 2.24) is 4.90 Å². The lowest BCUT2D eigenvalue weighted by Crippen LogP contribution is -2.62. The van der Waals surface area contributed by atoms with E-state index in [-0.39, 0.29) is 26.3 Å². The Bertz CT molecular complexity index is 179. The maximum absolute atomic E-state index is 9.51. The molecule has 0 aromatic rings. The highest BCUT2D eigenvalue weighted by Crippen LogP contribution is 2.18. The monoisotopic (exact) mass is 207 g/mol. The summed E-state index contributed by atoms with van der Waals surface area (Å²) in [5.41, 5.74) is 0. The van der Waals surface area contributed by atoms with Gasteiger partial charge in [-0.1, -0.05) is 0 Å². The molecule has 0 bridgehead atoms. The van der Waals surface area contributed by atoms with Gasteiger partial charge in [0.15, 0.2) is 0 Å². The molecule has 1 aliphatic rings. The SMILES string of the molecule is OCCN1C[C@H](O)[C@@H](O)[C@H](O)[C@@H]1CO. The minimum absolute atomic E-state index is 0.119. The maximum atomic E-state index is 9.51. The third kappa shape index (κ3) is 2.22. The van der Waals surface area contributed by atoms with Gasteiger partial charge in [0.05, 0.1) is 25.4 Å². The molecule has 14 heavy (non-hydrogen) atoms. The fraction of sp³-hybridized carbons (Fsp3) is 1.00. The molecule has 0 saturated carbocycles. The summed E-state index contributed by atoms with van der Waals surface area (Å²) in [6.07, 6.45) is -3.46. The maximum Gasteiger partial charge on any atom is 0.109 e. The van der Waals surface area contributed by atoms with Gasteiger partial charge >= 0.3 is 0 Å². The second-order valence-corrected chi connectivity index (χ2v) is 3.52. The van der Waals surface area contributed by atoms with Crippen LogP contribution in [0.1, 0.15) is 0 Å². The van der Waals surface area contributed by atoms with Crippen LogP contribution < -0.4 is 0 Å². The largest absolute Gasteiger partial charge is 0.395 e. The van der Waals surface area contributed by atoms with Crippen molar-refractivity contribution in [2.24, 2.45) is 0 Å². The molecule has 1 fully saturated rings. The first kappa shape index (κ1) is 11.8. The molecule has 1 rings (SSSR count). The van der Waals surface area contributed by atoms with Crippen LogP contribution >= 0.6 is 0 Å². The van der Waals surface area contributed by atoms with E-state index in [0.717, 1.165) is 0 Å². The van der Waals surface area contributed by atoms with Crippen LogP contribution in [0.15, 0.2) is 0 Å². The van der Waals surface area contributed by atoms with Gasteiger partial charge in [-0.05, 0) is 0 Å². The number of piperidine rings is 1. The fourth-order valence-electron chi connectivity index (χ4n) is 1.76. The summed E-state index contributed by atoms with van der Waals surface area (Å²) in [4.78, 5) is 1.56. The van der Waals surface area contributed by atoms with Crippen molar-refractivity contribution in [3.63, 3.8) is 0 Å². The summed E-state index contributed by atoms with van der Waals surface area (Å²) in [7, 11) is 0. The van der Waals surface area contributed by atoms with Crippen LogP contribution in [0.3, 0.4) is 0 Å². The van der Waals surface area contributed by atoms with E-state index in [1.807, 2.05) is 0 Å². The average molecular weight is 207 g/mol. The number of hydrogen-bond acceptors (Lipinski definition) is 6. The summed E-state index contributed by atoms with van der Waals surface area (Å²) >= 11 is 0. The van der Waals surface area contributed by atoms with Crippen molar-refractivity contribution < 1.29 is 25.5 Å². The molecule has 0 aromatic carbocycles. The van der Waals surface area contributed by atoms with E-state index in [0.29, 0.717) is 0 Å². The Balaban J connectivity index is 2.66. The average Bonchev–Trinajstić information content (AvgIpc) is 2.16. The molecule has 0 aromatic heterocycles. The number of aliphatic hydroxyl groups excluding tert-OH is 5. The van der Waals surface area contributed by atoms with E-state index < -0.39 is 24.4 Å². The van der Waals surface area contributed by atoms with Crippen LogP contribution in [0.2, 0.25) is 0 Å². The Morgan fingerprint density at radius 3 is 2.21 bits per heavy atom. The van der Waals surface area contributed by atoms with Gasteiger partial charge in [0.1, 0.15) is 12.2 Å². The predicted molar refractivity (Wildman–Crippen MR) is 47.6 cm³/mol. The smallest absolute Gasteiger partial charge is 0.109 e. The summed E-state index contributed by atoms with van der Waals surface area (Å²) in [6.45, 7) is -0.0347. The van der Waals surface area contributed by atoms with E-state index in [9.17, 15) is 15.3 Å². The molecule has 0 aliphatic carbocycles. The normalized spacial score (nSPS) is 40.1. The van der Waals surface area contributed by atoms with Crippen molar-refractivity contribution in [2.45, 2.75) is 24.4 Å². The van der Waals surface area contributed by atoms with Gasteiger partial charge in [0, 0.05) is 13.1 Å². The molecule has 6 nitrogen and oxygen atoms in total. The van der Waals surface area contributed by atoms with E-state index in [2.05, 4.69) is 0 Å². The lowest BCUT2D eigenvalue weighted by molar-refractivity contribution is -0.146. The van der Waals surface area contributed by atoms with Crippen LogP contribution in [-0.4, -0.2) is 81.1 Å². The number of rotatable bonds is 3. The van der Waals surface area contributed by atoms with Crippen molar-refractivity contribution >= 4 is 0 Å². The van der Waals surface area contributed by atoms with E-state index >= 15 is 0 Å². The van der Waals surface area contributed by atoms with Gasteiger partial charge in [0.25, 0.3) is 0 Å². The van der Waals surface area contributed by atoms with E-state index in [1.54, 1.807) is 4.90 Å². The third-order valence-corrected chi connectivity index (χ3v) is 2.60. The van der Waals surface area contributed by atoms with Crippen LogP contribution in [0.4, 0.5) is 0 Å². The van der Waals surface area contributed by atoms with Crippen molar-refractivity contribution in [2.75, 3.05) is 26.3 Å². The van der Waals surface area contributed by atoms with Crippen LogP contribution in [0.5, 0.6) is 0 Å². The fourth-order valence-corrected chi connectivity index (χ4v) is 1.76. The summed E-state index contributed by atoms with van der Waals surface area (Å²) in [6, 6.07) is -0.624. The Morgan fingerprint density at radius 1 is 1.07 bits per heavy atom. The predicted octanol–water partition coefficient (Wildman–Crippen LogP) is -3.26. The van der Waals surface area contributed by atoms with Crippen LogP contribution in [0.25, 0.3) is 0 Å². The molecule has 6 heteroatoms. The zero-order chi connectivity index (χ0) is 10.7. The molecule has 4 atom stereocenters. The Labute approximate surface area is 82.0 Å². The molecule has 1 heterocycles. The Hall–Kier alpha value is -0.240. The molecule has 84 valence electrons. The molecule has 1 saturated heterocycles. The number of β-amino-alcohol motifs (C(OH)–C–C–N with tert-alkyl or cyclic N) is 2. The van der Waals surface area contributed by atoms with Gasteiger partial charge in [-0.3, -0.25) is 4.90 Å². The van der Waals surface area contributed by atoms with E-state index in [4.69, 9.17) is 10.2 Å². The van der Waals surface area contributed by atoms with Gasteiger partial charge in [0.2, 0.25) is 0 Å². The van der Waals surface area contributed by atoms with Gasteiger partial charge < -0.3 is 25.5 Å². The quantitative estimate of drug-likeness (QED) is 0.333. The summed E-state index contributed by atoms with van der Waals surface area (Å²) in [5.74, 6) is 0. The topological polar surface area (TPSA) is 104 Å². The molecule has 0 radical (unpaired) electrons. The molecular weight excluding hydrogens is 190 g/mol. The minimum atomic E-state index is -1.23.